The Morgan fingerprint density at radius 1 is 0.974 bits per heavy atom. The number of carbonyl (C=O) groups is 2. The van der Waals surface area contributed by atoms with Gasteiger partial charge in [0.2, 0.25) is 5.91 Å². The van der Waals surface area contributed by atoms with E-state index in [0.717, 1.165) is 49.7 Å². The highest BCUT2D eigenvalue weighted by atomic mass is 16.6. The number of fused-ring (bicyclic) bond motifs is 5. The Morgan fingerprint density at radius 3 is 2.47 bits per heavy atom. The fraction of sp³-hybridized carbons (Fsp3) is 0.500. The van der Waals surface area contributed by atoms with Gasteiger partial charge in [-0.25, -0.2) is 4.79 Å². The first-order valence-electron chi connectivity index (χ1n) is 14.1. The zero-order chi connectivity index (χ0) is 26.5. The van der Waals surface area contributed by atoms with Crippen LogP contribution in [0.3, 0.4) is 0 Å². The van der Waals surface area contributed by atoms with E-state index in [4.69, 9.17) is 4.74 Å². The molecule has 200 valence electrons. The summed E-state index contributed by atoms with van der Waals surface area (Å²) in [4.78, 5) is 25.4. The number of hydrogen-bond acceptors (Lipinski definition) is 4. The van der Waals surface area contributed by atoms with Crippen molar-refractivity contribution in [3.05, 3.63) is 77.9 Å². The lowest BCUT2D eigenvalue weighted by Crippen LogP contribution is -2.59. The Kier molecular flexibility index (Phi) is 6.24. The summed E-state index contributed by atoms with van der Waals surface area (Å²) in [6, 6.07) is 16.7. The Morgan fingerprint density at radius 2 is 1.71 bits per heavy atom. The predicted octanol–water partition coefficient (Wildman–Crippen LogP) is 5.87. The zero-order valence-corrected chi connectivity index (χ0v) is 22.2. The minimum atomic E-state index is -0.394. The third-order valence-electron chi connectivity index (χ3n) is 10.5. The largest absolute Gasteiger partial charge is 0.508 e. The van der Waals surface area contributed by atoms with Crippen molar-refractivity contribution in [1.29, 1.82) is 0 Å². The van der Waals surface area contributed by atoms with Crippen molar-refractivity contribution < 1.29 is 19.4 Å². The molecule has 6 rings (SSSR count). The number of amides is 2. The van der Waals surface area contributed by atoms with Crippen LogP contribution in [-0.2, 0) is 9.53 Å². The SMILES string of the molecule is C[C@]12C=CC(=O)N[C@@H]1CC[C@@H]1[C@@H]2CC[C@]2(C)[C@@H](OC(=O)NC(c3ccccc3)c3ccc(O)cc3)CC[C@@H]12. The van der Waals surface area contributed by atoms with Crippen LogP contribution in [0.25, 0.3) is 0 Å². The molecule has 1 aliphatic heterocycles. The minimum Gasteiger partial charge on any atom is -0.508 e. The van der Waals surface area contributed by atoms with Gasteiger partial charge in [-0.1, -0.05) is 62.4 Å². The highest BCUT2D eigenvalue weighted by Gasteiger charge is 2.60. The Hall–Kier alpha value is -3.28. The fourth-order valence-corrected chi connectivity index (χ4v) is 8.43. The molecule has 6 nitrogen and oxygen atoms in total. The van der Waals surface area contributed by atoms with E-state index in [2.05, 4.69) is 30.6 Å². The second-order valence-corrected chi connectivity index (χ2v) is 12.3. The van der Waals surface area contributed by atoms with Crippen molar-refractivity contribution >= 4 is 12.0 Å². The standard InChI is InChI=1S/C32H38N2O4/c1-31-19-17-28(36)33-26(31)14-12-23-24-13-15-27(32(24,2)18-16-25(23)31)38-30(37)34-29(20-6-4-3-5-7-20)21-8-10-22(35)11-9-21/h3-11,17,19,23-27,29,35H,12-16,18H2,1-2H3,(H,33,36)(H,34,37)/t23-,24-,25-,26+,27-,29?,31+,32-/m0/s1. The van der Waals surface area contributed by atoms with Crippen molar-refractivity contribution in [1.82, 2.24) is 10.6 Å². The van der Waals surface area contributed by atoms with Gasteiger partial charge in [0.05, 0.1) is 6.04 Å². The average molecular weight is 515 g/mol. The molecule has 2 amide bonds. The molecule has 1 unspecified atom stereocenters. The van der Waals surface area contributed by atoms with E-state index in [1.54, 1.807) is 18.2 Å². The number of hydrogen-bond donors (Lipinski definition) is 3. The Labute approximate surface area is 224 Å². The van der Waals surface area contributed by atoms with Gasteiger partial charge < -0.3 is 20.5 Å². The molecule has 0 bridgehead atoms. The first kappa shape index (κ1) is 25.0. The van der Waals surface area contributed by atoms with Gasteiger partial charge in [0.25, 0.3) is 0 Å². The molecule has 0 saturated heterocycles. The molecule has 2 aromatic rings. The number of alkyl carbamates (subject to hydrolysis) is 1. The van der Waals surface area contributed by atoms with Crippen LogP contribution in [0.5, 0.6) is 5.75 Å². The molecule has 0 spiro atoms. The van der Waals surface area contributed by atoms with Crippen LogP contribution >= 0.6 is 0 Å². The quantitative estimate of drug-likeness (QED) is 0.476. The maximum absolute atomic E-state index is 13.4. The van der Waals surface area contributed by atoms with Crippen LogP contribution in [0.1, 0.15) is 69.5 Å². The van der Waals surface area contributed by atoms with Crippen LogP contribution in [-0.4, -0.2) is 29.3 Å². The average Bonchev–Trinajstić information content (AvgIpc) is 3.24. The van der Waals surface area contributed by atoms with E-state index in [-0.39, 0.29) is 40.7 Å². The topological polar surface area (TPSA) is 87.7 Å². The Balaban J connectivity index is 1.18. The molecular weight excluding hydrogens is 476 g/mol. The number of nitrogens with one attached hydrogen (secondary N) is 2. The van der Waals surface area contributed by atoms with Crippen LogP contribution in [0.15, 0.2) is 66.7 Å². The smallest absolute Gasteiger partial charge is 0.408 e. The number of aromatic hydroxyl groups is 1. The Bertz CT molecular complexity index is 1230. The number of phenols is 1. The van der Waals surface area contributed by atoms with Crippen LogP contribution in [0.2, 0.25) is 0 Å². The van der Waals surface area contributed by atoms with Gasteiger partial charge in [-0.2, -0.15) is 0 Å². The molecule has 8 atom stereocenters. The molecule has 1 heterocycles. The van der Waals surface area contributed by atoms with Crippen molar-refractivity contribution in [3.63, 3.8) is 0 Å². The van der Waals surface area contributed by atoms with Crippen molar-refractivity contribution in [2.24, 2.45) is 28.6 Å². The highest BCUT2D eigenvalue weighted by molar-refractivity contribution is 5.89. The van der Waals surface area contributed by atoms with E-state index in [0.29, 0.717) is 17.8 Å². The third kappa shape index (κ3) is 4.18. The van der Waals surface area contributed by atoms with E-state index in [9.17, 15) is 14.7 Å². The van der Waals surface area contributed by atoms with Crippen LogP contribution in [0.4, 0.5) is 4.79 Å². The lowest BCUT2D eigenvalue weighted by atomic mass is 9.48. The summed E-state index contributed by atoms with van der Waals surface area (Å²) in [5.74, 6) is 1.87. The van der Waals surface area contributed by atoms with Gasteiger partial charge >= 0.3 is 6.09 Å². The third-order valence-corrected chi connectivity index (χ3v) is 10.5. The van der Waals surface area contributed by atoms with Gasteiger partial charge in [-0.15, -0.1) is 0 Å². The number of carbonyl (C=O) groups excluding carboxylic acids is 2. The van der Waals surface area contributed by atoms with Crippen LogP contribution in [0, 0.1) is 28.6 Å². The molecule has 3 saturated carbocycles. The van der Waals surface area contributed by atoms with Gasteiger partial charge in [-0.3, -0.25) is 4.79 Å². The van der Waals surface area contributed by atoms with E-state index in [1.165, 1.54) is 0 Å². The van der Waals surface area contributed by atoms with Gasteiger partial charge in [0.1, 0.15) is 11.9 Å². The van der Waals surface area contributed by atoms with Gasteiger partial charge in [0, 0.05) is 16.9 Å². The molecule has 2 aromatic carbocycles. The number of ether oxygens (including phenoxy) is 1. The number of rotatable bonds is 4. The van der Waals surface area contributed by atoms with E-state index >= 15 is 0 Å². The van der Waals surface area contributed by atoms with Gasteiger partial charge in [-0.05, 0) is 85.6 Å². The van der Waals surface area contributed by atoms with Crippen molar-refractivity contribution in [3.8, 4) is 5.75 Å². The second kappa shape index (κ2) is 9.48. The maximum atomic E-state index is 13.4. The summed E-state index contributed by atoms with van der Waals surface area (Å²) in [5, 5.41) is 16.1. The molecular formula is C32H38N2O4. The lowest BCUT2D eigenvalue weighted by Gasteiger charge is -2.58. The normalized spacial score (nSPS) is 36.3. The zero-order valence-electron chi connectivity index (χ0n) is 22.2. The lowest BCUT2D eigenvalue weighted by molar-refractivity contribution is -0.123. The summed E-state index contributed by atoms with van der Waals surface area (Å²) < 4.78 is 6.24. The maximum Gasteiger partial charge on any atom is 0.408 e. The number of phenolic OH excluding ortho intramolecular Hbond substituents is 1. The molecule has 6 heteroatoms. The number of benzene rings is 2. The highest BCUT2D eigenvalue weighted by Crippen LogP contribution is 2.63. The van der Waals surface area contributed by atoms with E-state index < -0.39 is 6.09 Å². The first-order chi connectivity index (χ1) is 18.3. The minimum absolute atomic E-state index is 0.00149. The molecule has 3 aliphatic carbocycles. The molecule has 3 N–H and O–H groups in total. The first-order valence-corrected chi connectivity index (χ1v) is 14.1. The molecule has 0 aromatic heterocycles. The monoisotopic (exact) mass is 514 g/mol. The fourth-order valence-electron chi connectivity index (χ4n) is 8.43. The summed E-state index contributed by atoms with van der Waals surface area (Å²) in [6.07, 6.45) is 9.62. The van der Waals surface area contributed by atoms with Gasteiger partial charge in [0.15, 0.2) is 0 Å². The predicted molar refractivity (Wildman–Crippen MR) is 145 cm³/mol. The molecule has 3 fully saturated rings. The molecule has 38 heavy (non-hydrogen) atoms. The molecule has 4 aliphatic rings. The molecule has 0 radical (unpaired) electrons. The van der Waals surface area contributed by atoms with E-state index in [1.807, 2.05) is 42.5 Å². The van der Waals surface area contributed by atoms with Crippen molar-refractivity contribution in [2.75, 3.05) is 0 Å². The summed E-state index contributed by atoms with van der Waals surface area (Å²) in [6.45, 7) is 4.66. The second-order valence-electron chi connectivity index (χ2n) is 12.3. The van der Waals surface area contributed by atoms with Crippen LogP contribution < -0.4 is 10.6 Å². The van der Waals surface area contributed by atoms with Crippen molar-refractivity contribution in [2.45, 2.75) is 70.6 Å². The summed E-state index contributed by atoms with van der Waals surface area (Å²) in [5.41, 5.74) is 1.81. The summed E-state index contributed by atoms with van der Waals surface area (Å²) >= 11 is 0. The summed E-state index contributed by atoms with van der Waals surface area (Å²) in [7, 11) is 0.